The molecule has 2 aromatic rings. The van der Waals surface area contributed by atoms with Gasteiger partial charge in [0.2, 0.25) is 11.8 Å². The average molecular weight is 473 g/mol. The summed E-state index contributed by atoms with van der Waals surface area (Å²) in [5.74, 6) is -2.06. The van der Waals surface area contributed by atoms with Crippen molar-refractivity contribution in [3.05, 3.63) is 65.7 Å². The molecule has 9 nitrogen and oxygen atoms in total. The molecule has 10 heteroatoms. The second-order valence-electron chi connectivity index (χ2n) is 8.34. The minimum Gasteiger partial charge on any atom is -0.508 e. The predicted molar refractivity (Wildman–Crippen MR) is 125 cm³/mol. The molecule has 4 atom stereocenters. The standard InChI is InChI=1S/C23H28N4O5S/c1-23(2)18(22(31)32)27-21(33-23)17(20(30)25-12-13-6-4-3-5-7-13)26-19(29)16(24)14-8-10-15(28)11-9-14/h3-11,16-18,21,27-28H,12,24H2,1-2H3,(H,25,30)(H,26,29)(H,31,32)/t16-,17-,18+,21-/m1/s1. The average Bonchev–Trinajstić information content (AvgIpc) is 3.11. The number of amides is 2. The van der Waals surface area contributed by atoms with Crippen molar-refractivity contribution in [1.82, 2.24) is 16.0 Å². The molecule has 1 heterocycles. The number of hydrogen-bond donors (Lipinski definition) is 6. The lowest BCUT2D eigenvalue weighted by molar-refractivity contribution is -0.140. The lowest BCUT2D eigenvalue weighted by atomic mass is 10.0. The number of phenolic OH excluding ortho intramolecular Hbond substituents is 1. The number of carboxylic acid groups (broad SMARTS) is 1. The minimum atomic E-state index is -1.08. The molecule has 0 unspecified atom stereocenters. The van der Waals surface area contributed by atoms with Gasteiger partial charge >= 0.3 is 5.97 Å². The number of carbonyl (C=O) groups is 3. The highest BCUT2D eigenvalue weighted by Gasteiger charge is 2.49. The van der Waals surface area contributed by atoms with Gasteiger partial charge in [-0.2, -0.15) is 0 Å². The quantitative estimate of drug-likeness (QED) is 0.334. The van der Waals surface area contributed by atoms with Crippen LogP contribution in [0.1, 0.15) is 31.0 Å². The van der Waals surface area contributed by atoms with Gasteiger partial charge in [-0.3, -0.25) is 19.7 Å². The van der Waals surface area contributed by atoms with Crippen LogP contribution in [0.3, 0.4) is 0 Å². The van der Waals surface area contributed by atoms with Crippen molar-refractivity contribution in [2.75, 3.05) is 0 Å². The fourth-order valence-corrected chi connectivity index (χ4v) is 5.07. The first-order chi connectivity index (χ1) is 15.6. The first-order valence-corrected chi connectivity index (χ1v) is 11.3. The highest BCUT2D eigenvalue weighted by Crippen LogP contribution is 2.39. The number of carboxylic acids is 1. The van der Waals surface area contributed by atoms with E-state index < -0.39 is 46.0 Å². The Balaban J connectivity index is 1.78. The van der Waals surface area contributed by atoms with Crippen LogP contribution in [0.2, 0.25) is 0 Å². The summed E-state index contributed by atoms with van der Waals surface area (Å²) in [6.07, 6.45) is 0. The van der Waals surface area contributed by atoms with Gasteiger partial charge in [-0.25, -0.2) is 0 Å². The van der Waals surface area contributed by atoms with E-state index in [1.807, 2.05) is 30.3 Å². The third-order valence-corrected chi connectivity index (χ3v) is 6.94. The van der Waals surface area contributed by atoms with Crippen LogP contribution in [0.25, 0.3) is 0 Å². The molecule has 0 spiro atoms. The number of hydrogen-bond acceptors (Lipinski definition) is 7. The summed E-state index contributed by atoms with van der Waals surface area (Å²) in [4.78, 5) is 37.8. The van der Waals surface area contributed by atoms with Gasteiger partial charge in [-0.05, 0) is 37.1 Å². The topological polar surface area (TPSA) is 154 Å². The largest absolute Gasteiger partial charge is 0.508 e. The molecular formula is C23H28N4O5S. The summed E-state index contributed by atoms with van der Waals surface area (Å²) in [7, 11) is 0. The van der Waals surface area contributed by atoms with Crippen LogP contribution in [0.15, 0.2) is 54.6 Å². The smallest absolute Gasteiger partial charge is 0.322 e. The molecule has 1 aliphatic heterocycles. The van der Waals surface area contributed by atoms with Gasteiger partial charge in [0, 0.05) is 11.3 Å². The van der Waals surface area contributed by atoms with E-state index in [4.69, 9.17) is 5.73 Å². The van der Waals surface area contributed by atoms with Gasteiger partial charge in [0.15, 0.2) is 0 Å². The number of phenols is 1. The number of aliphatic carboxylic acids is 1. The van der Waals surface area contributed by atoms with E-state index in [0.717, 1.165) is 5.56 Å². The van der Waals surface area contributed by atoms with Gasteiger partial charge < -0.3 is 26.6 Å². The second-order valence-corrected chi connectivity index (χ2v) is 10.1. The summed E-state index contributed by atoms with van der Waals surface area (Å²) in [5.41, 5.74) is 7.43. The Bertz CT molecular complexity index is 1000. The van der Waals surface area contributed by atoms with Gasteiger partial charge in [-0.1, -0.05) is 42.5 Å². The van der Waals surface area contributed by atoms with Gasteiger partial charge in [0.25, 0.3) is 0 Å². The summed E-state index contributed by atoms with van der Waals surface area (Å²) in [5, 5.41) is 26.8. The molecule has 7 N–H and O–H groups in total. The van der Waals surface area contributed by atoms with Crippen molar-refractivity contribution in [2.45, 2.75) is 48.6 Å². The van der Waals surface area contributed by atoms with Crippen LogP contribution in [-0.2, 0) is 20.9 Å². The zero-order valence-corrected chi connectivity index (χ0v) is 19.1. The van der Waals surface area contributed by atoms with Gasteiger partial charge in [0.1, 0.15) is 23.9 Å². The number of carbonyl (C=O) groups excluding carboxylic acids is 2. The maximum absolute atomic E-state index is 13.1. The zero-order chi connectivity index (χ0) is 24.2. The van der Waals surface area contributed by atoms with E-state index in [1.54, 1.807) is 13.8 Å². The SMILES string of the molecule is CC1(C)S[C@H]([C@H](NC(=O)[C@H](N)c2ccc(O)cc2)C(=O)NCc2ccccc2)N[C@H]1C(=O)O. The molecule has 0 aromatic heterocycles. The van der Waals surface area contributed by atoms with Crippen molar-refractivity contribution in [1.29, 1.82) is 0 Å². The van der Waals surface area contributed by atoms with Crippen molar-refractivity contribution in [2.24, 2.45) is 5.73 Å². The van der Waals surface area contributed by atoms with E-state index >= 15 is 0 Å². The number of rotatable bonds is 8. The second kappa shape index (κ2) is 10.2. The fourth-order valence-electron chi connectivity index (χ4n) is 3.58. The van der Waals surface area contributed by atoms with Crippen LogP contribution in [0.4, 0.5) is 0 Å². The fraction of sp³-hybridized carbons (Fsp3) is 0.348. The summed E-state index contributed by atoms with van der Waals surface area (Å²) < 4.78 is -0.710. The van der Waals surface area contributed by atoms with Gasteiger partial charge in [-0.15, -0.1) is 11.8 Å². The summed E-state index contributed by atoms with van der Waals surface area (Å²) >= 11 is 1.27. The predicted octanol–water partition coefficient (Wildman–Crippen LogP) is 1.09. The number of nitrogens with two attached hydrogens (primary N) is 1. The van der Waals surface area contributed by atoms with E-state index in [2.05, 4.69) is 16.0 Å². The maximum atomic E-state index is 13.1. The Morgan fingerprint density at radius 2 is 1.73 bits per heavy atom. The highest BCUT2D eigenvalue weighted by atomic mass is 32.2. The van der Waals surface area contributed by atoms with Crippen molar-refractivity contribution < 1.29 is 24.6 Å². The third kappa shape index (κ3) is 6.04. The molecule has 0 aliphatic carbocycles. The molecule has 3 rings (SSSR count). The molecule has 176 valence electrons. The molecule has 2 aromatic carbocycles. The number of aromatic hydroxyl groups is 1. The minimum absolute atomic E-state index is 0.0398. The van der Waals surface area contributed by atoms with E-state index in [-0.39, 0.29) is 12.3 Å². The molecule has 0 bridgehead atoms. The zero-order valence-electron chi connectivity index (χ0n) is 18.3. The Morgan fingerprint density at radius 1 is 1.09 bits per heavy atom. The van der Waals surface area contributed by atoms with Crippen molar-refractivity contribution >= 4 is 29.5 Å². The Hall–Kier alpha value is -3.08. The van der Waals surface area contributed by atoms with E-state index in [1.165, 1.54) is 36.0 Å². The third-order valence-electron chi connectivity index (χ3n) is 5.43. The Kier molecular flexibility index (Phi) is 7.62. The lowest BCUT2D eigenvalue weighted by Crippen LogP contribution is -2.57. The Labute approximate surface area is 196 Å². The normalized spacial score (nSPS) is 21.1. The molecule has 0 saturated carbocycles. The molecular weight excluding hydrogens is 444 g/mol. The highest BCUT2D eigenvalue weighted by molar-refractivity contribution is 8.01. The van der Waals surface area contributed by atoms with E-state index in [0.29, 0.717) is 5.56 Å². The monoisotopic (exact) mass is 472 g/mol. The first kappa shape index (κ1) is 24.6. The summed E-state index contributed by atoms with van der Waals surface area (Å²) in [6, 6.07) is 12.1. The van der Waals surface area contributed by atoms with Gasteiger partial charge in [0.05, 0.1) is 5.37 Å². The Morgan fingerprint density at radius 3 is 2.30 bits per heavy atom. The van der Waals surface area contributed by atoms with Crippen molar-refractivity contribution in [3.8, 4) is 5.75 Å². The van der Waals surface area contributed by atoms with Crippen LogP contribution in [0, 0.1) is 0 Å². The number of benzene rings is 2. The van der Waals surface area contributed by atoms with Crippen LogP contribution in [0.5, 0.6) is 5.75 Å². The molecule has 1 fully saturated rings. The molecule has 1 aliphatic rings. The van der Waals surface area contributed by atoms with Crippen LogP contribution < -0.4 is 21.7 Å². The number of thioether (sulfide) groups is 1. The maximum Gasteiger partial charge on any atom is 0.322 e. The molecule has 1 saturated heterocycles. The molecule has 0 radical (unpaired) electrons. The lowest BCUT2D eigenvalue weighted by Gasteiger charge is -2.26. The summed E-state index contributed by atoms with van der Waals surface area (Å²) in [6.45, 7) is 3.79. The van der Waals surface area contributed by atoms with Crippen LogP contribution >= 0.6 is 11.8 Å². The van der Waals surface area contributed by atoms with Crippen molar-refractivity contribution in [3.63, 3.8) is 0 Å². The number of nitrogens with one attached hydrogen (secondary N) is 3. The van der Waals surface area contributed by atoms with E-state index in [9.17, 15) is 24.6 Å². The first-order valence-electron chi connectivity index (χ1n) is 10.4. The molecule has 33 heavy (non-hydrogen) atoms. The molecule has 2 amide bonds. The van der Waals surface area contributed by atoms with Crippen LogP contribution in [-0.4, -0.2) is 50.2 Å².